The molecule has 0 amide bonds. The zero-order chi connectivity index (χ0) is 15.7. The molecule has 3 heteroatoms. The third kappa shape index (κ3) is 2.93. The molecule has 0 spiro atoms. The van der Waals surface area contributed by atoms with Crippen LogP contribution < -0.4 is 4.74 Å². The highest BCUT2D eigenvalue weighted by atomic mass is 35.5. The monoisotopic (exact) mass is 312 g/mol. The van der Waals surface area contributed by atoms with Gasteiger partial charge in [-0.2, -0.15) is 0 Å². The Morgan fingerprint density at radius 3 is 2.50 bits per heavy atom. The Labute approximate surface area is 135 Å². The fourth-order valence-electron chi connectivity index (χ4n) is 2.54. The number of benzene rings is 2. The molecule has 2 aromatic carbocycles. The first-order valence-corrected chi connectivity index (χ1v) is 7.67. The predicted molar refractivity (Wildman–Crippen MR) is 89.8 cm³/mol. The van der Waals surface area contributed by atoms with Crippen LogP contribution in [-0.4, -0.2) is 12.4 Å². The van der Waals surface area contributed by atoms with Gasteiger partial charge in [-0.1, -0.05) is 23.7 Å². The summed E-state index contributed by atoms with van der Waals surface area (Å²) >= 11 is 5.90. The van der Waals surface area contributed by atoms with Crippen molar-refractivity contribution in [3.63, 3.8) is 0 Å². The van der Waals surface area contributed by atoms with E-state index in [2.05, 4.69) is 0 Å². The summed E-state index contributed by atoms with van der Waals surface area (Å²) in [6, 6.07) is 11.4. The van der Waals surface area contributed by atoms with E-state index in [0.29, 0.717) is 29.4 Å². The van der Waals surface area contributed by atoms with Gasteiger partial charge in [0, 0.05) is 17.0 Å². The summed E-state index contributed by atoms with van der Waals surface area (Å²) in [5.74, 6) is 0.734. The van der Waals surface area contributed by atoms with Crippen LogP contribution in [0.25, 0.3) is 6.08 Å². The number of carbonyl (C=O) groups is 1. The van der Waals surface area contributed by atoms with Crippen molar-refractivity contribution >= 4 is 23.5 Å². The molecule has 0 aromatic heterocycles. The van der Waals surface area contributed by atoms with Crippen LogP contribution in [-0.2, 0) is 0 Å². The van der Waals surface area contributed by atoms with E-state index < -0.39 is 0 Å². The lowest BCUT2D eigenvalue weighted by Gasteiger charge is -2.09. The fourth-order valence-corrected chi connectivity index (χ4v) is 2.67. The molecule has 0 atom stereocenters. The number of aryl methyl sites for hydroxylation is 2. The Morgan fingerprint density at radius 1 is 1.09 bits per heavy atom. The van der Waals surface area contributed by atoms with Crippen LogP contribution in [0, 0.1) is 13.8 Å². The molecule has 1 aliphatic heterocycles. The lowest BCUT2D eigenvalue weighted by atomic mass is 9.96. The standard InChI is InChI=1S/C19H17ClO2/c1-12-9-17-18(10-13(12)2)22-8-7-15(19(17)21)11-14-3-5-16(20)6-4-14/h3-6,9-11H,7-8H2,1-2H3/b15-11-. The van der Waals surface area contributed by atoms with Gasteiger partial charge in [0.05, 0.1) is 12.2 Å². The van der Waals surface area contributed by atoms with E-state index in [1.165, 1.54) is 0 Å². The molecule has 0 saturated carbocycles. The topological polar surface area (TPSA) is 26.3 Å². The fraction of sp³-hybridized carbons (Fsp3) is 0.211. The first-order valence-electron chi connectivity index (χ1n) is 7.29. The van der Waals surface area contributed by atoms with E-state index in [0.717, 1.165) is 22.3 Å². The maximum absolute atomic E-state index is 12.8. The van der Waals surface area contributed by atoms with E-state index in [9.17, 15) is 4.79 Å². The Hall–Kier alpha value is -2.06. The molecule has 1 aliphatic rings. The van der Waals surface area contributed by atoms with Gasteiger partial charge < -0.3 is 4.74 Å². The van der Waals surface area contributed by atoms with E-state index in [-0.39, 0.29) is 5.78 Å². The van der Waals surface area contributed by atoms with Gasteiger partial charge in [-0.25, -0.2) is 0 Å². The lowest BCUT2D eigenvalue weighted by molar-refractivity contribution is 0.103. The number of ether oxygens (including phenoxy) is 1. The molecule has 0 radical (unpaired) electrons. The van der Waals surface area contributed by atoms with Gasteiger partial charge in [0.2, 0.25) is 0 Å². The Bertz CT molecular complexity index is 758. The average Bonchev–Trinajstić information content (AvgIpc) is 2.63. The molecule has 3 rings (SSSR count). The van der Waals surface area contributed by atoms with Gasteiger partial charge in [0.1, 0.15) is 5.75 Å². The third-order valence-corrected chi connectivity index (χ3v) is 4.22. The SMILES string of the molecule is Cc1cc2c(cc1C)C(=O)/C(=C\c1ccc(Cl)cc1)CCO2. The van der Waals surface area contributed by atoms with Crippen molar-refractivity contribution in [2.45, 2.75) is 20.3 Å². The second-order valence-corrected chi connectivity index (χ2v) is 6.02. The number of carbonyl (C=O) groups excluding carboxylic acids is 1. The maximum atomic E-state index is 12.8. The smallest absolute Gasteiger partial charge is 0.192 e. The molecule has 0 fully saturated rings. The van der Waals surface area contributed by atoms with Gasteiger partial charge in [-0.15, -0.1) is 0 Å². The molecular weight excluding hydrogens is 296 g/mol. The van der Waals surface area contributed by atoms with E-state index in [1.54, 1.807) is 0 Å². The number of fused-ring (bicyclic) bond motifs is 1. The van der Waals surface area contributed by atoms with Crippen LogP contribution in [0.15, 0.2) is 42.0 Å². The van der Waals surface area contributed by atoms with Crippen LogP contribution in [0.3, 0.4) is 0 Å². The minimum atomic E-state index is 0.0468. The molecule has 2 aromatic rings. The first kappa shape index (κ1) is 14.9. The number of halogens is 1. The van der Waals surface area contributed by atoms with E-state index in [4.69, 9.17) is 16.3 Å². The highest BCUT2D eigenvalue weighted by molar-refractivity contribution is 6.30. The molecule has 0 aliphatic carbocycles. The minimum absolute atomic E-state index is 0.0468. The molecule has 2 nitrogen and oxygen atoms in total. The van der Waals surface area contributed by atoms with Gasteiger partial charge >= 0.3 is 0 Å². The molecule has 1 heterocycles. The van der Waals surface area contributed by atoms with Crippen LogP contribution in [0.1, 0.15) is 33.5 Å². The maximum Gasteiger partial charge on any atom is 0.192 e. The van der Waals surface area contributed by atoms with Crippen molar-refractivity contribution in [1.82, 2.24) is 0 Å². The predicted octanol–water partition coefficient (Wildman–Crippen LogP) is 5.01. The Morgan fingerprint density at radius 2 is 1.77 bits per heavy atom. The second kappa shape index (κ2) is 5.98. The average molecular weight is 313 g/mol. The normalized spacial score (nSPS) is 16.1. The van der Waals surface area contributed by atoms with Crippen molar-refractivity contribution in [1.29, 1.82) is 0 Å². The number of hydrogen-bond donors (Lipinski definition) is 0. The number of hydrogen-bond acceptors (Lipinski definition) is 2. The molecule has 0 N–H and O–H groups in total. The summed E-state index contributed by atoms with van der Waals surface area (Å²) in [6.45, 7) is 4.55. The summed E-state index contributed by atoms with van der Waals surface area (Å²) in [6.07, 6.45) is 2.53. The number of rotatable bonds is 1. The quantitative estimate of drug-likeness (QED) is 0.692. The highest BCUT2D eigenvalue weighted by Crippen LogP contribution is 2.30. The Kier molecular flexibility index (Phi) is 4.04. The highest BCUT2D eigenvalue weighted by Gasteiger charge is 2.22. The summed E-state index contributed by atoms with van der Waals surface area (Å²) in [5.41, 5.74) is 4.63. The van der Waals surface area contributed by atoms with Crippen molar-refractivity contribution in [2.75, 3.05) is 6.61 Å². The molecule has 0 saturated heterocycles. The van der Waals surface area contributed by atoms with Crippen LogP contribution in [0.5, 0.6) is 5.75 Å². The summed E-state index contributed by atoms with van der Waals surface area (Å²) in [7, 11) is 0. The minimum Gasteiger partial charge on any atom is -0.492 e. The molecule has 0 unspecified atom stereocenters. The summed E-state index contributed by atoms with van der Waals surface area (Å²) in [5, 5.41) is 0.689. The molecule has 112 valence electrons. The first-order chi connectivity index (χ1) is 10.5. The second-order valence-electron chi connectivity index (χ2n) is 5.58. The largest absolute Gasteiger partial charge is 0.492 e. The molecular formula is C19H17ClO2. The van der Waals surface area contributed by atoms with Crippen LogP contribution in [0.2, 0.25) is 5.02 Å². The van der Waals surface area contributed by atoms with Crippen molar-refractivity contribution in [3.8, 4) is 5.75 Å². The van der Waals surface area contributed by atoms with Gasteiger partial charge in [-0.3, -0.25) is 4.79 Å². The van der Waals surface area contributed by atoms with Crippen molar-refractivity contribution in [3.05, 3.63) is 69.2 Å². The molecule has 0 bridgehead atoms. The summed E-state index contributed by atoms with van der Waals surface area (Å²) < 4.78 is 5.76. The van der Waals surface area contributed by atoms with E-state index >= 15 is 0 Å². The number of ketones is 1. The van der Waals surface area contributed by atoms with Crippen LogP contribution in [0.4, 0.5) is 0 Å². The van der Waals surface area contributed by atoms with Crippen molar-refractivity contribution < 1.29 is 9.53 Å². The Balaban J connectivity index is 2.02. The van der Waals surface area contributed by atoms with Crippen molar-refractivity contribution in [2.24, 2.45) is 0 Å². The van der Waals surface area contributed by atoms with Gasteiger partial charge in [-0.05, 0) is 60.9 Å². The molecule has 22 heavy (non-hydrogen) atoms. The van der Waals surface area contributed by atoms with E-state index in [1.807, 2.05) is 56.3 Å². The van der Waals surface area contributed by atoms with Crippen LogP contribution >= 0.6 is 11.6 Å². The third-order valence-electron chi connectivity index (χ3n) is 3.97. The zero-order valence-electron chi connectivity index (χ0n) is 12.7. The number of Topliss-reactive ketones (excluding diaryl/α,β-unsaturated/α-hetero) is 1. The van der Waals surface area contributed by atoms with Gasteiger partial charge in [0.15, 0.2) is 5.78 Å². The lowest BCUT2D eigenvalue weighted by Crippen LogP contribution is -2.03. The summed E-state index contributed by atoms with van der Waals surface area (Å²) in [4.78, 5) is 12.8. The zero-order valence-corrected chi connectivity index (χ0v) is 13.4. The van der Waals surface area contributed by atoms with Gasteiger partial charge in [0.25, 0.3) is 0 Å².